The molecule has 2 N–H and O–H groups in total. The Morgan fingerprint density at radius 2 is 1.52 bits per heavy atom. The Balaban J connectivity index is 1.55. The molecule has 0 aliphatic rings. The third-order valence-corrected chi connectivity index (χ3v) is 3.86. The number of methoxy groups -OCH3 is 2. The zero-order valence-corrected chi connectivity index (χ0v) is 15.1. The van der Waals surface area contributed by atoms with E-state index in [1.807, 2.05) is 48.5 Å². The summed E-state index contributed by atoms with van der Waals surface area (Å²) in [4.78, 5) is 20.6. The molecule has 2 aromatic carbocycles. The van der Waals surface area contributed by atoms with Crippen LogP contribution in [0, 0.1) is 0 Å². The van der Waals surface area contributed by atoms with E-state index in [1.165, 1.54) is 12.4 Å². The Hall–Kier alpha value is -3.61. The molecule has 1 aromatic heterocycles. The fourth-order valence-corrected chi connectivity index (χ4v) is 2.35. The fraction of sp³-hybridized carbons (Fsp3) is 0.150. The maximum Gasteiger partial charge on any atom is 0.271 e. The van der Waals surface area contributed by atoms with Crippen LogP contribution in [0.3, 0.4) is 0 Å². The van der Waals surface area contributed by atoms with Gasteiger partial charge in [-0.25, -0.2) is 9.97 Å². The molecule has 0 saturated carbocycles. The summed E-state index contributed by atoms with van der Waals surface area (Å²) >= 11 is 0. The van der Waals surface area contributed by atoms with E-state index in [1.54, 1.807) is 14.2 Å². The van der Waals surface area contributed by atoms with Crippen molar-refractivity contribution in [2.45, 2.75) is 6.54 Å². The summed E-state index contributed by atoms with van der Waals surface area (Å²) in [5.41, 5.74) is 2.07. The van der Waals surface area contributed by atoms with Crippen molar-refractivity contribution in [1.82, 2.24) is 15.3 Å². The maximum atomic E-state index is 12.2. The Morgan fingerprint density at radius 3 is 2.07 bits per heavy atom. The Kier molecular flexibility index (Phi) is 5.84. The lowest BCUT2D eigenvalue weighted by molar-refractivity contribution is 0.0945. The first-order valence-electron chi connectivity index (χ1n) is 8.32. The molecule has 1 heterocycles. The number of benzene rings is 2. The van der Waals surface area contributed by atoms with Crippen LogP contribution in [0.4, 0.5) is 11.5 Å². The van der Waals surface area contributed by atoms with Gasteiger partial charge in [-0.15, -0.1) is 0 Å². The number of rotatable bonds is 7. The summed E-state index contributed by atoms with van der Waals surface area (Å²) in [5.74, 6) is 1.81. The summed E-state index contributed by atoms with van der Waals surface area (Å²) in [5, 5.41) is 5.94. The van der Waals surface area contributed by atoms with E-state index in [-0.39, 0.29) is 11.6 Å². The van der Waals surface area contributed by atoms with Gasteiger partial charge in [0, 0.05) is 12.2 Å². The minimum atomic E-state index is -0.283. The summed E-state index contributed by atoms with van der Waals surface area (Å²) in [6.07, 6.45) is 2.96. The van der Waals surface area contributed by atoms with E-state index in [9.17, 15) is 4.79 Å². The molecule has 3 rings (SSSR count). The Morgan fingerprint density at radius 1 is 0.889 bits per heavy atom. The smallest absolute Gasteiger partial charge is 0.271 e. The van der Waals surface area contributed by atoms with Crippen molar-refractivity contribution in [3.63, 3.8) is 0 Å². The molecule has 0 spiro atoms. The molecule has 27 heavy (non-hydrogen) atoms. The highest BCUT2D eigenvalue weighted by molar-refractivity contribution is 5.92. The number of anilines is 2. The van der Waals surface area contributed by atoms with E-state index in [0.717, 1.165) is 22.7 Å². The summed E-state index contributed by atoms with van der Waals surface area (Å²) < 4.78 is 10.2. The van der Waals surface area contributed by atoms with E-state index in [4.69, 9.17) is 9.47 Å². The van der Waals surface area contributed by atoms with Gasteiger partial charge in [0.05, 0.1) is 26.6 Å². The normalized spacial score (nSPS) is 10.1. The predicted molar refractivity (Wildman–Crippen MR) is 102 cm³/mol. The van der Waals surface area contributed by atoms with Gasteiger partial charge in [-0.2, -0.15) is 0 Å². The van der Waals surface area contributed by atoms with Crippen LogP contribution in [0.2, 0.25) is 0 Å². The number of aromatic nitrogens is 2. The summed E-state index contributed by atoms with van der Waals surface area (Å²) in [6, 6.07) is 14.9. The molecule has 7 heteroatoms. The molecule has 0 bridgehead atoms. The number of hydrogen-bond donors (Lipinski definition) is 2. The van der Waals surface area contributed by atoms with Gasteiger partial charge in [-0.05, 0) is 42.0 Å². The van der Waals surface area contributed by atoms with E-state index >= 15 is 0 Å². The Labute approximate surface area is 157 Å². The molecule has 0 aliphatic heterocycles. The first-order valence-corrected chi connectivity index (χ1v) is 8.32. The van der Waals surface area contributed by atoms with E-state index in [0.29, 0.717) is 12.4 Å². The summed E-state index contributed by atoms with van der Waals surface area (Å²) in [7, 11) is 3.23. The maximum absolute atomic E-state index is 12.2. The lowest BCUT2D eigenvalue weighted by Crippen LogP contribution is -2.24. The van der Waals surface area contributed by atoms with Gasteiger partial charge >= 0.3 is 0 Å². The van der Waals surface area contributed by atoms with Crippen LogP contribution in [0.15, 0.2) is 60.9 Å². The zero-order chi connectivity index (χ0) is 19.1. The second kappa shape index (κ2) is 8.66. The molecular formula is C20H20N4O3. The molecule has 3 aromatic rings. The van der Waals surface area contributed by atoms with Crippen LogP contribution in [-0.2, 0) is 6.54 Å². The topological polar surface area (TPSA) is 85.4 Å². The second-order valence-corrected chi connectivity index (χ2v) is 5.67. The quantitative estimate of drug-likeness (QED) is 0.670. The van der Waals surface area contributed by atoms with Crippen LogP contribution in [0.5, 0.6) is 11.5 Å². The van der Waals surface area contributed by atoms with Crippen molar-refractivity contribution in [3.05, 3.63) is 72.2 Å². The highest BCUT2D eigenvalue weighted by atomic mass is 16.5. The molecule has 0 unspecified atom stereocenters. The largest absolute Gasteiger partial charge is 0.497 e. The monoisotopic (exact) mass is 364 g/mol. The average molecular weight is 364 g/mol. The average Bonchev–Trinajstić information content (AvgIpc) is 2.73. The van der Waals surface area contributed by atoms with Crippen LogP contribution >= 0.6 is 0 Å². The number of nitrogens with zero attached hydrogens (tertiary/aromatic N) is 2. The molecule has 0 radical (unpaired) electrons. The molecule has 0 saturated heterocycles. The number of nitrogens with one attached hydrogen (secondary N) is 2. The van der Waals surface area contributed by atoms with Gasteiger partial charge in [0.15, 0.2) is 0 Å². The number of hydrogen-bond acceptors (Lipinski definition) is 6. The van der Waals surface area contributed by atoms with Gasteiger partial charge in [-0.3, -0.25) is 4.79 Å². The predicted octanol–water partition coefficient (Wildman–Crippen LogP) is 3.17. The van der Waals surface area contributed by atoms with Crippen molar-refractivity contribution in [1.29, 1.82) is 0 Å². The van der Waals surface area contributed by atoms with Gasteiger partial charge in [0.2, 0.25) is 0 Å². The van der Waals surface area contributed by atoms with Crippen molar-refractivity contribution >= 4 is 17.4 Å². The van der Waals surface area contributed by atoms with Gasteiger partial charge < -0.3 is 20.1 Å². The molecule has 138 valence electrons. The number of amides is 1. The van der Waals surface area contributed by atoms with Crippen molar-refractivity contribution in [3.8, 4) is 11.5 Å². The summed E-state index contributed by atoms with van der Waals surface area (Å²) in [6.45, 7) is 0.399. The lowest BCUT2D eigenvalue weighted by atomic mass is 10.2. The van der Waals surface area contributed by atoms with Crippen LogP contribution in [0.1, 0.15) is 16.1 Å². The molecule has 1 amide bonds. The van der Waals surface area contributed by atoms with Crippen LogP contribution < -0.4 is 20.1 Å². The highest BCUT2D eigenvalue weighted by Crippen LogP contribution is 2.18. The van der Waals surface area contributed by atoms with Crippen molar-refractivity contribution in [2.75, 3.05) is 19.5 Å². The molecule has 7 nitrogen and oxygen atoms in total. The molecule has 0 aliphatic carbocycles. The minimum Gasteiger partial charge on any atom is -0.497 e. The van der Waals surface area contributed by atoms with Crippen molar-refractivity contribution < 1.29 is 14.3 Å². The molecule has 0 fully saturated rings. The van der Waals surface area contributed by atoms with E-state index < -0.39 is 0 Å². The molecular weight excluding hydrogens is 344 g/mol. The third kappa shape index (κ3) is 4.94. The zero-order valence-electron chi connectivity index (χ0n) is 15.1. The first kappa shape index (κ1) is 18.2. The Bertz CT molecular complexity index is 879. The molecule has 0 atom stereocenters. The van der Waals surface area contributed by atoms with Crippen LogP contribution in [-0.4, -0.2) is 30.1 Å². The standard InChI is InChI=1S/C20H20N4O3/c1-26-16-7-3-14(4-8-16)11-23-20(25)18-12-22-19(13-21-18)24-15-5-9-17(27-2)10-6-15/h3-10,12-13H,11H2,1-2H3,(H,22,24)(H,23,25). The van der Waals surface area contributed by atoms with Gasteiger partial charge in [0.1, 0.15) is 23.0 Å². The SMILES string of the molecule is COc1ccc(CNC(=O)c2cnc(Nc3ccc(OC)cc3)cn2)cc1. The second-order valence-electron chi connectivity index (χ2n) is 5.67. The van der Waals surface area contributed by atoms with E-state index in [2.05, 4.69) is 20.6 Å². The number of ether oxygens (including phenoxy) is 2. The van der Waals surface area contributed by atoms with Gasteiger partial charge in [0.25, 0.3) is 5.91 Å². The minimum absolute atomic E-state index is 0.254. The lowest BCUT2D eigenvalue weighted by Gasteiger charge is -2.08. The van der Waals surface area contributed by atoms with Crippen LogP contribution in [0.25, 0.3) is 0 Å². The van der Waals surface area contributed by atoms with Gasteiger partial charge in [-0.1, -0.05) is 12.1 Å². The highest BCUT2D eigenvalue weighted by Gasteiger charge is 2.08. The fourth-order valence-electron chi connectivity index (χ4n) is 2.35. The first-order chi connectivity index (χ1) is 13.2. The number of carbonyl (C=O) groups is 1. The third-order valence-electron chi connectivity index (χ3n) is 3.86. The number of carbonyl (C=O) groups excluding carboxylic acids is 1. The van der Waals surface area contributed by atoms with Crippen molar-refractivity contribution in [2.24, 2.45) is 0 Å².